The normalized spacial score (nSPS) is 15.3. The predicted octanol–water partition coefficient (Wildman–Crippen LogP) is 4.21. The summed E-state index contributed by atoms with van der Waals surface area (Å²) in [7, 11) is -3.67. The first-order valence-corrected chi connectivity index (χ1v) is 11.4. The van der Waals surface area contributed by atoms with Crippen LogP contribution in [0.25, 0.3) is 0 Å². The number of hydrogen-bond acceptors (Lipinski definition) is 5. The second-order valence-corrected chi connectivity index (χ2v) is 10.2. The molecule has 1 aliphatic heterocycles. The van der Waals surface area contributed by atoms with E-state index in [-0.39, 0.29) is 16.2 Å². The quantitative estimate of drug-likeness (QED) is 0.542. The highest BCUT2D eigenvalue weighted by Crippen LogP contribution is 2.34. The van der Waals surface area contributed by atoms with Crippen molar-refractivity contribution >= 4 is 10.0 Å². The van der Waals surface area contributed by atoms with Crippen molar-refractivity contribution in [2.24, 2.45) is 11.3 Å². The van der Waals surface area contributed by atoms with Crippen LogP contribution in [-0.2, 0) is 10.0 Å². The number of fused-ring (bicyclic) bond motifs is 1. The Kier molecular flexibility index (Phi) is 7.73. The number of hydrogen-bond donors (Lipinski definition) is 0. The molecule has 0 saturated heterocycles. The van der Waals surface area contributed by atoms with Crippen molar-refractivity contribution in [2.45, 2.75) is 58.3 Å². The molecule has 1 unspecified atom stereocenters. The predicted molar refractivity (Wildman–Crippen MR) is 109 cm³/mol. The molecule has 1 aromatic rings. The van der Waals surface area contributed by atoms with Crippen molar-refractivity contribution in [3.8, 4) is 17.6 Å². The molecule has 1 heterocycles. The molecule has 0 aromatic heterocycles. The van der Waals surface area contributed by atoms with Crippen LogP contribution >= 0.6 is 0 Å². The maximum atomic E-state index is 13.5. The zero-order valence-electron chi connectivity index (χ0n) is 17.4. The van der Waals surface area contributed by atoms with Crippen LogP contribution in [0, 0.1) is 22.7 Å². The fourth-order valence-electron chi connectivity index (χ4n) is 3.26. The van der Waals surface area contributed by atoms with Crippen LogP contribution in [0.2, 0.25) is 0 Å². The minimum absolute atomic E-state index is 0.217. The maximum absolute atomic E-state index is 13.5. The number of sulfonamides is 1. The molecule has 0 amide bonds. The van der Waals surface area contributed by atoms with Gasteiger partial charge in [0.25, 0.3) is 0 Å². The molecule has 6 nitrogen and oxygen atoms in total. The first-order valence-electron chi connectivity index (χ1n) is 9.96. The Morgan fingerprint density at radius 3 is 2.57 bits per heavy atom. The van der Waals surface area contributed by atoms with Gasteiger partial charge in [-0.05, 0) is 36.3 Å². The summed E-state index contributed by atoms with van der Waals surface area (Å²) in [6, 6.07) is 6.99. The summed E-state index contributed by atoms with van der Waals surface area (Å²) in [5.41, 5.74) is -0.217. The van der Waals surface area contributed by atoms with Gasteiger partial charge < -0.3 is 9.47 Å². The van der Waals surface area contributed by atoms with E-state index in [0.717, 1.165) is 19.3 Å². The summed E-state index contributed by atoms with van der Waals surface area (Å²) in [5.74, 6) is 1.31. The first kappa shape index (κ1) is 22.5. The van der Waals surface area contributed by atoms with Gasteiger partial charge in [-0.25, -0.2) is 8.42 Å². The lowest BCUT2D eigenvalue weighted by Crippen LogP contribution is -2.41. The maximum Gasteiger partial charge on any atom is 0.243 e. The Labute approximate surface area is 169 Å². The Bertz CT molecular complexity index is 799. The van der Waals surface area contributed by atoms with Crippen molar-refractivity contribution in [2.75, 3.05) is 26.3 Å². The molecule has 2 rings (SSSR count). The van der Waals surface area contributed by atoms with E-state index < -0.39 is 10.0 Å². The van der Waals surface area contributed by atoms with Gasteiger partial charge in [0.2, 0.25) is 10.0 Å². The zero-order chi connectivity index (χ0) is 20.8. The second kappa shape index (κ2) is 9.62. The average Bonchev–Trinajstić information content (AvgIpc) is 2.66. The van der Waals surface area contributed by atoms with Crippen molar-refractivity contribution in [3.05, 3.63) is 18.2 Å². The average molecular weight is 409 g/mol. The molecule has 1 aliphatic rings. The highest BCUT2D eigenvalue weighted by Gasteiger charge is 2.32. The van der Waals surface area contributed by atoms with Crippen molar-refractivity contribution in [3.63, 3.8) is 0 Å². The van der Waals surface area contributed by atoms with E-state index in [0.29, 0.717) is 44.2 Å². The molecule has 0 radical (unpaired) electrons. The van der Waals surface area contributed by atoms with Gasteiger partial charge in [-0.3, -0.25) is 0 Å². The molecule has 156 valence electrons. The minimum atomic E-state index is -3.67. The van der Waals surface area contributed by atoms with Crippen molar-refractivity contribution < 1.29 is 17.9 Å². The lowest BCUT2D eigenvalue weighted by atomic mass is 9.87. The van der Waals surface area contributed by atoms with E-state index in [4.69, 9.17) is 14.7 Å². The van der Waals surface area contributed by atoms with Crippen molar-refractivity contribution in [1.82, 2.24) is 4.31 Å². The Morgan fingerprint density at radius 2 is 1.93 bits per heavy atom. The zero-order valence-corrected chi connectivity index (χ0v) is 18.2. The number of nitrogens with zero attached hydrogens (tertiary/aromatic N) is 2. The highest BCUT2D eigenvalue weighted by atomic mass is 32.2. The lowest BCUT2D eigenvalue weighted by molar-refractivity contribution is 0.171. The summed E-state index contributed by atoms with van der Waals surface area (Å²) < 4.78 is 39.6. The summed E-state index contributed by atoms with van der Waals surface area (Å²) >= 11 is 0. The van der Waals surface area contributed by atoms with Crippen LogP contribution in [0.5, 0.6) is 11.5 Å². The number of unbranched alkanes of at least 4 members (excludes halogenated alkanes) is 1. The molecule has 0 bridgehead atoms. The van der Waals surface area contributed by atoms with E-state index >= 15 is 0 Å². The van der Waals surface area contributed by atoms with Gasteiger partial charge in [-0.15, -0.1) is 0 Å². The second-order valence-electron chi connectivity index (χ2n) is 8.29. The summed E-state index contributed by atoms with van der Waals surface area (Å²) in [6.45, 7) is 10.0. The van der Waals surface area contributed by atoms with Gasteiger partial charge in [0, 0.05) is 25.6 Å². The molecule has 0 N–H and O–H groups in total. The molecule has 1 aromatic carbocycles. The summed E-state index contributed by atoms with van der Waals surface area (Å²) in [5, 5.41) is 8.79. The smallest absolute Gasteiger partial charge is 0.243 e. The van der Waals surface area contributed by atoms with E-state index in [1.54, 1.807) is 22.5 Å². The van der Waals surface area contributed by atoms with Gasteiger partial charge >= 0.3 is 0 Å². The van der Waals surface area contributed by atoms with Gasteiger partial charge in [0.15, 0.2) is 11.5 Å². The van der Waals surface area contributed by atoms with Gasteiger partial charge in [0.1, 0.15) is 13.2 Å². The number of nitriles is 1. The standard InChI is InChI=1S/C21H32N2O4S/c1-5-17(2)15-23(16-21(3,4)10-6-7-11-22)28(24,25)18-8-9-19-20(14-18)27-13-12-26-19/h8-9,14,17H,5-7,10,12-13,15-16H2,1-4H3. The molecule has 1 atom stereocenters. The summed E-state index contributed by atoms with van der Waals surface area (Å²) in [4.78, 5) is 0.230. The molecule has 28 heavy (non-hydrogen) atoms. The lowest BCUT2D eigenvalue weighted by Gasteiger charge is -2.33. The molecule has 0 saturated carbocycles. The van der Waals surface area contributed by atoms with Crippen LogP contribution < -0.4 is 9.47 Å². The summed E-state index contributed by atoms with van der Waals surface area (Å²) in [6.07, 6.45) is 2.96. The van der Waals surface area contributed by atoms with Gasteiger partial charge in [-0.1, -0.05) is 34.1 Å². The Balaban J connectivity index is 2.29. The van der Waals surface area contributed by atoms with Crippen LogP contribution in [0.15, 0.2) is 23.1 Å². The van der Waals surface area contributed by atoms with E-state index in [1.807, 2.05) is 0 Å². The third kappa shape index (κ3) is 5.86. The topological polar surface area (TPSA) is 79.6 Å². The van der Waals surface area contributed by atoms with Crippen LogP contribution in [-0.4, -0.2) is 39.0 Å². The molecular formula is C21H32N2O4S. The molecule has 0 fully saturated rings. The van der Waals surface area contributed by atoms with E-state index in [2.05, 4.69) is 33.8 Å². The fraction of sp³-hybridized carbons (Fsp3) is 0.667. The Hall–Kier alpha value is -1.78. The third-order valence-electron chi connectivity index (χ3n) is 5.11. The number of ether oxygens (including phenoxy) is 2. The van der Waals surface area contributed by atoms with Gasteiger partial charge in [-0.2, -0.15) is 9.57 Å². The largest absolute Gasteiger partial charge is 0.486 e. The van der Waals surface area contributed by atoms with Crippen LogP contribution in [0.3, 0.4) is 0 Å². The first-order chi connectivity index (χ1) is 13.2. The molecule has 0 aliphatic carbocycles. The SMILES string of the molecule is CCC(C)CN(CC(C)(C)CCCC#N)S(=O)(=O)c1ccc2c(c1)OCCO2. The molecule has 0 spiro atoms. The number of benzene rings is 1. The molecule has 7 heteroatoms. The van der Waals surface area contributed by atoms with Crippen molar-refractivity contribution in [1.29, 1.82) is 5.26 Å². The highest BCUT2D eigenvalue weighted by molar-refractivity contribution is 7.89. The van der Waals surface area contributed by atoms with Crippen LogP contribution in [0.4, 0.5) is 0 Å². The Morgan fingerprint density at radius 1 is 1.25 bits per heavy atom. The van der Waals surface area contributed by atoms with Crippen LogP contribution in [0.1, 0.15) is 53.4 Å². The monoisotopic (exact) mass is 408 g/mol. The fourth-order valence-corrected chi connectivity index (χ4v) is 5.02. The minimum Gasteiger partial charge on any atom is -0.486 e. The number of rotatable bonds is 10. The molecular weight excluding hydrogens is 376 g/mol. The van der Waals surface area contributed by atoms with E-state index in [9.17, 15) is 8.42 Å². The third-order valence-corrected chi connectivity index (χ3v) is 6.92. The van der Waals surface area contributed by atoms with E-state index in [1.165, 1.54) is 0 Å². The van der Waals surface area contributed by atoms with Gasteiger partial charge in [0.05, 0.1) is 11.0 Å².